The average Bonchev–Trinajstić information content (AvgIpc) is 3.34. The minimum Gasteiger partial charge on any atom is -0.356 e. The highest BCUT2D eigenvalue weighted by atomic mass is 35.5. The van der Waals surface area contributed by atoms with E-state index in [0.29, 0.717) is 16.3 Å². The molecule has 2 atom stereocenters. The van der Waals surface area contributed by atoms with Crippen LogP contribution in [0.25, 0.3) is 22.0 Å². The lowest BCUT2D eigenvalue weighted by atomic mass is 9.99. The van der Waals surface area contributed by atoms with Crippen molar-refractivity contribution in [3.63, 3.8) is 0 Å². The molecule has 2 N–H and O–H groups in total. The van der Waals surface area contributed by atoms with Gasteiger partial charge in [-0.1, -0.05) is 29.8 Å². The first-order valence-corrected chi connectivity index (χ1v) is 11.7. The maximum Gasteiger partial charge on any atom is 0.258 e. The van der Waals surface area contributed by atoms with E-state index in [1.54, 1.807) is 29.9 Å². The monoisotopic (exact) mass is 488 g/mol. The topological polar surface area (TPSA) is 85.2 Å². The van der Waals surface area contributed by atoms with Crippen LogP contribution in [0.5, 0.6) is 0 Å². The van der Waals surface area contributed by atoms with E-state index in [1.165, 1.54) is 0 Å². The summed E-state index contributed by atoms with van der Waals surface area (Å²) in [6, 6.07) is 16.0. The smallest absolute Gasteiger partial charge is 0.258 e. The van der Waals surface area contributed by atoms with Gasteiger partial charge in [0.1, 0.15) is 12.1 Å². The van der Waals surface area contributed by atoms with E-state index >= 15 is 0 Å². The summed E-state index contributed by atoms with van der Waals surface area (Å²) in [5.41, 5.74) is 5.29. The zero-order chi connectivity index (χ0) is 24.7. The summed E-state index contributed by atoms with van der Waals surface area (Å²) in [6.07, 6.45) is 1.35. The van der Waals surface area contributed by atoms with Gasteiger partial charge in [0.05, 0.1) is 12.2 Å². The van der Waals surface area contributed by atoms with Crippen molar-refractivity contribution >= 4 is 34.1 Å². The minimum absolute atomic E-state index is 0.108. The number of carbonyl (C=O) groups is 1. The molecular weight excluding hydrogens is 464 g/mol. The van der Waals surface area contributed by atoms with Crippen molar-refractivity contribution in [2.24, 2.45) is 7.05 Å². The number of aromatic nitrogens is 2. The van der Waals surface area contributed by atoms with Crippen molar-refractivity contribution in [2.45, 2.75) is 26.0 Å². The van der Waals surface area contributed by atoms with Crippen LogP contribution in [0.2, 0.25) is 5.02 Å². The number of carbonyl (C=O) groups excluding carboxylic acids is 1. The van der Waals surface area contributed by atoms with E-state index < -0.39 is 12.1 Å². The van der Waals surface area contributed by atoms with Crippen molar-refractivity contribution in [1.82, 2.24) is 14.9 Å². The molecule has 2 aromatic heterocycles. The third kappa shape index (κ3) is 4.46. The van der Waals surface area contributed by atoms with Gasteiger partial charge in [-0.2, -0.15) is 0 Å². The van der Waals surface area contributed by atoms with Crippen molar-refractivity contribution < 1.29 is 9.53 Å². The molecule has 0 saturated carbocycles. The standard InChI is InChI=1S/C27H25ClN4O3/c1-15-4-9-20(31-26(33)24-25(35-14-30-24)17-5-7-19(28)8-6-17)12-21(15)22-11-18-13-29-16(2)10-23(18)32(3)27(22)34/h4-13,24-25,30H,14H2,1-3H3,(H,31,33). The van der Waals surface area contributed by atoms with Gasteiger partial charge in [-0.05, 0) is 66.9 Å². The molecule has 0 bridgehead atoms. The first kappa shape index (κ1) is 23.2. The van der Waals surface area contributed by atoms with Crippen LogP contribution in [0.1, 0.15) is 22.9 Å². The Labute approximate surface area is 207 Å². The quantitative estimate of drug-likeness (QED) is 0.442. The Morgan fingerprint density at radius 1 is 1.11 bits per heavy atom. The highest BCUT2D eigenvalue weighted by molar-refractivity contribution is 6.30. The molecule has 4 aromatic rings. The number of benzene rings is 2. The van der Waals surface area contributed by atoms with E-state index in [9.17, 15) is 9.59 Å². The number of ether oxygens (including phenoxy) is 1. The SMILES string of the molecule is Cc1cc2c(cn1)cc(-c1cc(NC(=O)C3NCOC3c3ccc(Cl)cc3)ccc1C)c(=O)n2C. The van der Waals surface area contributed by atoms with E-state index in [0.717, 1.165) is 33.3 Å². The number of amides is 1. The predicted octanol–water partition coefficient (Wildman–Crippen LogP) is 4.50. The Hall–Kier alpha value is -3.52. The van der Waals surface area contributed by atoms with Gasteiger partial charge in [0.2, 0.25) is 5.91 Å². The maximum atomic E-state index is 13.2. The van der Waals surface area contributed by atoms with Crippen LogP contribution in [0, 0.1) is 13.8 Å². The van der Waals surface area contributed by atoms with Gasteiger partial charge in [0.25, 0.3) is 5.56 Å². The number of aryl methyl sites for hydroxylation is 3. The number of hydrogen-bond donors (Lipinski definition) is 2. The van der Waals surface area contributed by atoms with Crippen molar-refractivity contribution in [2.75, 3.05) is 12.0 Å². The maximum absolute atomic E-state index is 13.2. The first-order chi connectivity index (χ1) is 16.8. The summed E-state index contributed by atoms with van der Waals surface area (Å²) in [5, 5.41) is 7.59. The Bertz CT molecular complexity index is 1500. The average molecular weight is 489 g/mol. The second kappa shape index (κ2) is 9.26. The second-order valence-corrected chi connectivity index (χ2v) is 9.23. The zero-order valence-corrected chi connectivity index (χ0v) is 20.4. The number of nitrogens with one attached hydrogen (secondary N) is 2. The predicted molar refractivity (Wildman–Crippen MR) is 138 cm³/mol. The Balaban J connectivity index is 1.46. The number of anilines is 1. The summed E-state index contributed by atoms with van der Waals surface area (Å²) in [4.78, 5) is 30.8. The summed E-state index contributed by atoms with van der Waals surface area (Å²) in [5.74, 6) is -0.219. The normalized spacial score (nSPS) is 17.6. The fourth-order valence-electron chi connectivity index (χ4n) is 4.47. The lowest BCUT2D eigenvalue weighted by molar-refractivity contribution is -0.119. The van der Waals surface area contributed by atoms with Crippen molar-refractivity contribution in [3.8, 4) is 11.1 Å². The molecule has 1 saturated heterocycles. The molecule has 3 heterocycles. The number of halogens is 1. The summed E-state index contributed by atoms with van der Waals surface area (Å²) in [7, 11) is 1.76. The molecule has 0 aliphatic carbocycles. The molecule has 178 valence electrons. The molecule has 2 unspecified atom stereocenters. The van der Waals surface area contributed by atoms with Gasteiger partial charge in [0.15, 0.2) is 0 Å². The molecular formula is C27H25ClN4O3. The Kier molecular flexibility index (Phi) is 6.15. The van der Waals surface area contributed by atoms with Crippen LogP contribution in [-0.2, 0) is 16.6 Å². The lowest BCUT2D eigenvalue weighted by Gasteiger charge is -2.19. The molecule has 1 aliphatic heterocycles. The van der Waals surface area contributed by atoms with Gasteiger partial charge >= 0.3 is 0 Å². The van der Waals surface area contributed by atoms with Crippen LogP contribution in [0.15, 0.2) is 65.6 Å². The molecule has 5 rings (SSSR count). The van der Waals surface area contributed by atoms with Crippen LogP contribution in [0.3, 0.4) is 0 Å². The third-order valence-electron chi connectivity index (χ3n) is 6.39. The minimum atomic E-state index is -0.566. The largest absolute Gasteiger partial charge is 0.356 e. The fraction of sp³-hybridized carbons (Fsp3) is 0.222. The second-order valence-electron chi connectivity index (χ2n) is 8.79. The third-order valence-corrected chi connectivity index (χ3v) is 6.64. The molecule has 8 heteroatoms. The Morgan fingerprint density at radius 3 is 2.66 bits per heavy atom. The number of rotatable bonds is 4. The lowest BCUT2D eigenvalue weighted by Crippen LogP contribution is -2.39. The van der Waals surface area contributed by atoms with E-state index in [2.05, 4.69) is 15.6 Å². The Morgan fingerprint density at radius 2 is 1.89 bits per heavy atom. The number of pyridine rings is 2. The van der Waals surface area contributed by atoms with E-state index in [-0.39, 0.29) is 18.2 Å². The van der Waals surface area contributed by atoms with Gasteiger partial charge < -0.3 is 14.6 Å². The highest BCUT2D eigenvalue weighted by Gasteiger charge is 2.35. The summed E-state index contributed by atoms with van der Waals surface area (Å²) in [6.45, 7) is 4.11. The molecule has 0 spiro atoms. The van der Waals surface area contributed by atoms with Gasteiger partial charge in [0, 0.05) is 40.6 Å². The fourth-order valence-corrected chi connectivity index (χ4v) is 4.60. The van der Waals surface area contributed by atoms with Gasteiger partial charge in [-0.25, -0.2) is 0 Å². The van der Waals surface area contributed by atoms with Crippen LogP contribution >= 0.6 is 11.6 Å². The number of fused-ring (bicyclic) bond motifs is 1. The summed E-state index contributed by atoms with van der Waals surface area (Å²) >= 11 is 6.00. The zero-order valence-electron chi connectivity index (χ0n) is 19.6. The molecule has 0 radical (unpaired) electrons. The van der Waals surface area contributed by atoms with Crippen molar-refractivity contribution in [3.05, 3.63) is 93.0 Å². The number of nitrogens with zero attached hydrogens (tertiary/aromatic N) is 2. The molecule has 2 aromatic carbocycles. The van der Waals surface area contributed by atoms with Crippen LogP contribution < -0.4 is 16.2 Å². The molecule has 1 amide bonds. The van der Waals surface area contributed by atoms with Crippen molar-refractivity contribution in [1.29, 1.82) is 0 Å². The molecule has 1 fully saturated rings. The van der Waals surface area contributed by atoms with E-state index in [4.69, 9.17) is 16.3 Å². The van der Waals surface area contributed by atoms with Crippen LogP contribution in [0.4, 0.5) is 5.69 Å². The first-order valence-electron chi connectivity index (χ1n) is 11.3. The van der Waals surface area contributed by atoms with E-state index in [1.807, 2.05) is 56.3 Å². The highest BCUT2D eigenvalue weighted by Crippen LogP contribution is 2.29. The molecule has 7 nitrogen and oxygen atoms in total. The van der Waals surface area contributed by atoms with Crippen LogP contribution in [-0.4, -0.2) is 28.2 Å². The summed E-state index contributed by atoms with van der Waals surface area (Å²) < 4.78 is 7.42. The van der Waals surface area contributed by atoms with Gasteiger partial charge in [-0.15, -0.1) is 0 Å². The number of hydrogen-bond acceptors (Lipinski definition) is 5. The van der Waals surface area contributed by atoms with Gasteiger partial charge in [-0.3, -0.25) is 19.9 Å². The molecule has 35 heavy (non-hydrogen) atoms. The molecule has 1 aliphatic rings.